The van der Waals surface area contributed by atoms with Crippen molar-refractivity contribution < 1.29 is 43.8 Å². The summed E-state index contributed by atoms with van der Waals surface area (Å²) in [6.45, 7) is 18.9. The first kappa shape index (κ1) is 44.0. The summed E-state index contributed by atoms with van der Waals surface area (Å²) in [6, 6.07) is 29.0. The molecular weight excluding hydrogens is 803 g/mol. The van der Waals surface area contributed by atoms with Crippen molar-refractivity contribution in [3.05, 3.63) is 131 Å². The van der Waals surface area contributed by atoms with Crippen molar-refractivity contribution in [2.24, 2.45) is 0 Å². The lowest BCUT2D eigenvalue weighted by atomic mass is 10.2. The number of nitro groups is 1. The molecule has 0 unspecified atom stereocenters. The molecule has 5 aromatic rings. The van der Waals surface area contributed by atoms with E-state index in [-0.39, 0.29) is 4.90 Å². The molecule has 5 rings (SSSR count). The third kappa shape index (κ3) is 10.9. The van der Waals surface area contributed by atoms with E-state index in [1.165, 1.54) is 12.1 Å². The number of rotatable bonds is 13. The molecule has 0 saturated carbocycles. The second-order valence-corrected chi connectivity index (χ2v) is 22.4. The molecule has 0 saturated heterocycles. The van der Waals surface area contributed by atoms with Crippen molar-refractivity contribution >= 4 is 36.2 Å². The zero-order valence-corrected chi connectivity index (χ0v) is 36.6. The molecule has 0 radical (unpaired) electrons. The Balaban J connectivity index is 1.71. The van der Waals surface area contributed by atoms with Crippen LogP contribution >= 0.6 is 10.3 Å². The predicted octanol–water partition coefficient (Wildman–Crippen LogP) is 10.8. The highest BCUT2D eigenvalue weighted by atomic mass is 32.3. The van der Waals surface area contributed by atoms with Crippen LogP contribution in [0.5, 0.6) is 23.0 Å². The largest absolute Gasteiger partial charge is 0.488 e. The molecular formula is C43H49NO11S3. The normalized spacial score (nSPS) is 13.1. The monoisotopic (exact) mass is 851 g/mol. The minimum Gasteiger partial charge on any atom is -0.488 e. The highest BCUT2D eigenvalue weighted by molar-refractivity contribution is 8.33. The van der Waals surface area contributed by atoms with Crippen LogP contribution in [-0.4, -0.2) is 38.6 Å². The van der Waals surface area contributed by atoms with Gasteiger partial charge in [-0.1, -0.05) is 17.7 Å². The summed E-state index contributed by atoms with van der Waals surface area (Å²) in [7, 11) is -12.7. The van der Waals surface area contributed by atoms with E-state index in [1.807, 2.05) is 62.3 Å². The zero-order chi connectivity index (χ0) is 42.9. The van der Waals surface area contributed by atoms with Gasteiger partial charge in [0.2, 0.25) is 5.75 Å². The van der Waals surface area contributed by atoms with Gasteiger partial charge in [-0.3, -0.25) is 10.1 Å². The average Bonchev–Trinajstić information content (AvgIpc) is 3.10. The molecule has 0 spiro atoms. The van der Waals surface area contributed by atoms with E-state index in [2.05, 4.69) is 0 Å². The van der Waals surface area contributed by atoms with E-state index in [9.17, 15) is 26.9 Å². The van der Waals surface area contributed by atoms with Crippen molar-refractivity contribution in [1.29, 1.82) is 0 Å². The third-order valence-corrected chi connectivity index (χ3v) is 14.3. The number of benzene rings is 5. The van der Waals surface area contributed by atoms with E-state index < -0.39 is 68.6 Å². The maximum atomic E-state index is 14.7. The number of nitro benzene ring substituents is 1. The topological polar surface area (TPSA) is 158 Å². The van der Waals surface area contributed by atoms with Gasteiger partial charge < -0.3 is 18.4 Å². The molecule has 12 nitrogen and oxygen atoms in total. The van der Waals surface area contributed by atoms with Gasteiger partial charge in [-0.2, -0.15) is 16.8 Å². The maximum Gasteiger partial charge on any atom is 0.339 e. The van der Waals surface area contributed by atoms with E-state index in [1.54, 1.807) is 91.9 Å². The van der Waals surface area contributed by atoms with Crippen molar-refractivity contribution in [3.63, 3.8) is 0 Å². The number of aryl methyl sites for hydroxylation is 1. The number of hydrogen-bond donors (Lipinski definition) is 0. The van der Waals surface area contributed by atoms with Gasteiger partial charge in [0.05, 0.1) is 4.92 Å². The Morgan fingerprint density at radius 1 is 0.483 bits per heavy atom. The second kappa shape index (κ2) is 16.3. The fraction of sp³-hybridized carbons (Fsp3) is 0.302. The molecule has 0 N–H and O–H groups in total. The van der Waals surface area contributed by atoms with Crippen LogP contribution in [0, 0.1) is 17.0 Å². The van der Waals surface area contributed by atoms with Gasteiger partial charge in [0.15, 0.2) is 0 Å². The van der Waals surface area contributed by atoms with Gasteiger partial charge in [-0.25, -0.2) is 3.63 Å². The van der Waals surface area contributed by atoms with Gasteiger partial charge in [0, 0.05) is 20.8 Å². The number of ether oxygens (including phenoxy) is 3. The molecule has 0 atom stereocenters. The zero-order valence-electron chi connectivity index (χ0n) is 34.1. The van der Waals surface area contributed by atoms with Crippen molar-refractivity contribution in [2.45, 2.75) is 111 Å². The standard InChI is InChI=1S/C43H49NO11S3/c1-30-11-19-37(20-12-30)57(47,48)54-40-28-27-38(29-39(40)44(45)46)58(49,50)55-56(34-21-13-31(14-22-34)51-41(2,3)4,35-23-15-32(16-24-35)52-42(5,6)7)36-25-17-33(18-26-36)53-43(8,9)10/h11-29H,1-10H3. The van der Waals surface area contributed by atoms with Crippen LogP contribution in [0.4, 0.5) is 5.69 Å². The highest BCUT2D eigenvalue weighted by Crippen LogP contribution is 2.70. The van der Waals surface area contributed by atoms with Crippen molar-refractivity contribution in [3.8, 4) is 23.0 Å². The fourth-order valence-corrected chi connectivity index (χ4v) is 11.7. The maximum absolute atomic E-state index is 14.7. The van der Waals surface area contributed by atoms with Crippen LogP contribution in [0.2, 0.25) is 0 Å². The van der Waals surface area contributed by atoms with Crippen LogP contribution in [0.15, 0.2) is 140 Å². The van der Waals surface area contributed by atoms with Crippen molar-refractivity contribution in [2.75, 3.05) is 0 Å². The summed E-state index contributed by atoms with van der Waals surface area (Å²) < 4.78 is 85.6. The van der Waals surface area contributed by atoms with Gasteiger partial charge in [0.25, 0.3) is 0 Å². The lowest BCUT2D eigenvalue weighted by molar-refractivity contribution is -0.385. The first-order chi connectivity index (χ1) is 26.8. The summed E-state index contributed by atoms with van der Waals surface area (Å²) >= 11 is 0. The Kier molecular flexibility index (Phi) is 12.4. The lowest BCUT2D eigenvalue weighted by Crippen LogP contribution is -2.23. The molecule has 58 heavy (non-hydrogen) atoms. The van der Waals surface area contributed by atoms with Gasteiger partial charge >= 0.3 is 25.9 Å². The first-order valence-electron chi connectivity index (χ1n) is 18.2. The molecule has 0 fully saturated rings. The Morgan fingerprint density at radius 2 is 0.828 bits per heavy atom. The Labute approximate surface area is 343 Å². The van der Waals surface area contributed by atoms with Crippen LogP contribution < -0.4 is 18.4 Å². The first-order valence-corrected chi connectivity index (χ1v) is 22.6. The van der Waals surface area contributed by atoms with Gasteiger partial charge in [-0.15, -0.1) is 0 Å². The Morgan fingerprint density at radius 3 is 1.17 bits per heavy atom. The quantitative estimate of drug-likeness (QED) is 0.0630. The summed E-state index contributed by atoms with van der Waals surface area (Å²) in [6.07, 6.45) is 0. The van der Waals surface area contributed by atoms with E-state index in [0.29, 0.717) is 31.9 Å². The van der Waals surface area contributed by atoms with Crippen molar-refractivity contribution in [1.82, 2.24) is 0 Å². The number of nitrogens with zero attached hydrogens (tertiary/aromatic N) is 1. The summed E-state index contributed by atoms with van der Waals surface area (Å²) in [4.78, 5) is 12.0. The molecule has 15 heteroatoms. The highest BCUT2D eigenvalue weighted by Gasteiger charge is 2.40. The van der Waals surface area contributed by atoms with Crippen LogP contribution in [0.1, 0.15) is 67.9 Å². The lowest BCUT2D eigenvalue weighted by Gasteiger charge is -2.39. The molecule has 5 aromatic carbocycles. The van der Waals surface area contributed by atoms with E-state index in [4.69, 9.17) is 22.0 Å². The molecule has 0 aliphatic carbocycles. The Hall–Kier alpha value is -5.09. The minimum atomic E-state index is -4.92. The average molecular weight is 852 g/mol. The molecule has 0 heterocycles. The predicted molar refractivity (Wildman–Crippen MR) is 223 cm³/mol. The second-order valence-electron chi connectivity index (χ2n) is 16.4. The summed E-state index contributed by atoms with van der Waals surface area (Å²) in [5, 5.41) is 12.4. The van der Waals surface area contributed by atoms with Gasteiger partial charge in [0.1, 0.15) is 43.8 Å². The molecule has 0 aliphatic rings. The Bertz CT molecular complexity index is 2320. The summed E-state index contributed by atoms with van der Waals surface area (Å²) in [5.74, 6) is 0.910. The van der Waals surface area contributed by atoms with E-state index >= 15 is 0 Å². The van der Waals surface area contributed by atoms with E-state index in [0.717, 1.165) is 23.8 Å². The molecule has 0 aliphatic heterocycles. The van der Waals surface area contributed by atoms with Crippen LogP contribution in [0.3, 0.4) is 0 Å². The molecule has 0 aromatic heterocycles. The third-order valence-electron chi connectivity index (χ3n) is 7.86. The smallest absolute Gasteiger partial charge is 0.339 e. The number of hydrogen-bond acceptors (Lipinski definition) is 11. The molecule has 310 valence electrons. The molecule has 0 bridgehead atoms. The van der Waals surface area contributed by atoms with Gasteiger partial charge in [-0.05, 0) is 177 Å². The summed E-state index contributed by atoms with van der Waals surface area (Å²) in [5.41, 5.74) is -1.70. The fourth-order valence-electron chi connectivity index (χ4n) is 5.60. The van der Waals surface area contributed by atoms with Crippen LogP contribution in [0.25, 0.3) is 0 Å². The van der Waals surface area contributed by atoms with Crippen LogP contribution in [-0.2, 0) is 23.9 Å². The minimum absolute atomic E-state index is 0.238. The SMILES string of the molecule is Cc1ccc(S(=O)(=O)Oc2ccc(S(=O)(=O)OS(c3ccc(OC(C)(C)C)cc3)(c3ccc(OC(C)(C)C)cc3)c3ccc(OC(C)(C)C)cc3)cc2[N+](=O)[O-])cc1. The molecule has 0 amide bonds.